The van der Waals surface area contributed by atoms with E-state index in [-0.39, 0.29) is 11.8 Å². The minimum Gasteiger partial charge on any atom is -0.492 e. The molecule has 32 heavy (non-hydrogen) atoms. The summed E-state index contributed by atoms with van der Waals surface area (Å²) in [6, 6.07) is 15.9. The van der Waals surface area contributed by atoms with Gasteiger partial charge < -0.3 is 14.6 Å². The van der Waals surface area contributed by atoms with Crippen molar-refractivity contribution in [3.8, 4) is 17.1 Å². The van der Waals surface area contributed by atoms with Crippen LogP contribution in [-0.4, -0.2) is 47.2 Å². The smallest absolute Gasteiger partial charge is 0.241 e. The Morgan fingerprint density at radius 3 is 2.81 bits per heavy atom. The monoisotopic (exact) mass is 434 g/mol. The number of rotatable bonds is 8. The molecule has 7 nitrogen and oxygen atoms in total. The van der Waals surface area contributed by atoms with Crippen molar-refractivity contribution in [3.05, 3.63) is 65.5 Å². The molecule has 168 valence electrons. The van der Waals surface area contributed by atoms with Gasteiger partial charge >= 0.3 is 0 Å². The van der Waals surface area contributed by atoms with Crippen LogP contribution in [0.2, 0.25) is 0 Å². The standard InChI is InChI=1S/C25H30N4O3/c1-18-9-11-21(12-10-18)31-15-13-26-25(30)20-7-5-14-29(16-20)17-23-27-24(28-32-23)22-8-4-3-6-19(22)2/h3-4,6,8-12,20H,5,7,13-17H2,1-2H3,(H,26,30). The number of aromatic nitrogens is 2. The Bertz CT molecular complexity index is 1030. The molecule has 2 aromatic carbocycles. The Morgan fingerprint density at radius 2 is 2.00 bits per heavy atom. The van der Waals surface area contributed by atoms with Gasteiger partial charge in [-0.15, -0.1) is 0 Å². The number of piperidine rings is 1. The number of nitrogens with zero attached hydrogens (tertiary/aromatic N) is 3. The molecule has 7 heteroatoms. The van der Waals surface area contributed by atoms with E-state index >= 15 is 0 Å². The number of carbonyl (C=O) groups excluding carboxylic acids is 1. The minimum atomic E-state index is -0.0399. The van der Waals surface area contributed by atoms with Gasteiger partial charge in [0.2, 0.25) is 17.6 Å². The van der Waals surface area contributed by atoms with Crippen LogP contribution < -0.4 is 10.1 Å². The Balaban J connectivity index is 1.24. The van der Waals surface area contributed by atoms with E-state index in [9.17, 15) is 4.79 Å². The molecule has 0 radical (unpaired) electrons. The van der Waals surface area contributed by atoms with Gasteiger partial charge in [0.15, 0.2) is 0 Å². The van der Waals surface area contributed by atoms with Gasteiger partial charge in [-0.25, -0.2) is 0 Å². The first-order valence-electron chi connectivity index (χ1n) is 11.2. The lowest BCUT2D eigenvalue weighted by atomic mass is 9.97. The van der Waals surface area contributed by atoms with Crippen molar-refractivity contribution in [3.63, 3.8) is 0 Å². The fraction of sp³-hybridized carbons (Fsp3) is 0.400. The van der Waals surface area contributed by atoms with Crippen LogP contribution in [0.3, 0.4) is 0 Å². The van der Waals surface area contributed by atoms with Gasteiger partial charge in [-0.1, -0.05) is 47.1 Å². The van der Waals surface area contributed by atoms with Crippen molar-refractivity contribution in [2.24, 2.45) is 5.92 Å². The number of ether oxygens (including phenoxy) is 1. The van der Waals surface area contributed by atoms with Crippen molar-refractivity contribution >= 4 is 5.91 Å². The highest BCUT2D eigenvalue weighted by Gasteiger charge is 2.26. The lowest BCUT2D eigenvalue weighted by Gasteiger charge is -2.30. The Labute approximate surface area is 188 Å². The topological polar surface area (TPSA) is 80.5 Å². The van der Waals surface area contributed by atoms with E-state index in [1.165, 1.54) is 5.56 Å². The molecule has 0 spiro atoms. The van der Waals surface area contributed by atoms with Crippen LogP contribution in [0.1, 0.15) is 29.9 Å². The lowest BCUT2D eigenvalue weighted by Crippen LogP contribution is -2.43. The van der Waals surface area contributed by atoms with Crippen LogP contribution in [-0.2, 0) is 11.3 Å². The van der Waals surface area contributed by atoms with Crippen LogP contribution in [0, 0.1) is 19.8 Å². The highest BCUT2D eigenvalue weighted by Crippen LogP contribution is 2.22. The lowest BCUT2D eigenvalue weighted by molar-refractivity contribution is -0.126. The Morgan fingerprint density at radius 1 is 1.19 bits per heavy atom. The van der Waals surface area contributed by atoms with E-state index in [2.05, 4.69) is 20.4 Å². The van der Waals surface area contributed by atoms with E-state index in [4.69, 9.17) is 9.26 Å². The summed E-state index contributed by atoms with van der Waals surface area (Å²) in [7, 11) is 0. The molecule has 1 N–H and O–H groups in total. The largest absolute Gasteiger partial charge is 0.492 e. The maximum Gasteiger partial charge on any atom is 0.241 e. The van der Waals surface area contributed by atoms with Crippen molar-refractivity contribution < 1.29 is 14.1 Å². The second-order valence-electron chi connectivity index (χ2n) is 8.35. The molecule has 3 aromatic rings. The predicted octanol–water partition coefficient (Wildman–Crippen LogP) is 3.76. The first-order valence-corrected chi connectivity index (χ1v) is 11.2. The molecule has 0 saturated carbocycles. The van der Waals surface area contributed by atoms with Gasteiger partial charge in [0, 0.05) is 12.1 Å². The van der Waals surface area contributed by atoms with E-state index in [1.807, 2.05) is 62.4 Å². The zero-order valence-corrected chi connectivity index (χ0v) is 18.7. The number of hydrogen-bond donors (Lipinski definition) is 1. The number of hydrogen-bond acceptors (Lipinski definition) is 6. The van der Waals surface area contributed by atoms with E-state index in [0.717, 1.165) is 36.3 Å². The van der Waals surface area contributed by atoms with E-state index < -0.39 is 0 Å². The zero-order valence-electron chi connectivity index (χ0n) is 18.7. The molecule has 4 rings (SSSR count). The molecule has 2 heterocycles. The molecular weight excluding hydrogens is 404 g/mol. The first-order chi connectivity index (χ1) is 15.6. The summed E-state index contributed by atoms with van der Waals surface area (Å²) in [4.78, 5) is 19.4. The third kappa shape index (κ3) is 5.73. The van der Waals surface area contributed by atoms with Crippen LogP contribution in [0.5, 0.6) is 5.75 Å². The average molecular weight is 435 g/mol. The molecule has 0 aliphatic carbocycles. The summed E-state index contributed by atoms with van der Waals surface area (Å²) in [6.07, 6.45) is 1.86. The number of nitrogens with one attached hydrogen (secondary N) is 1. The van der Waals surface area contributed by atoms with Gasteiger partial charge in [-0.05, 0) is 50.9 Å². The summed E-state index contributed by atoms with van der Waals surface area (Å²) < 4.78 is 11.2. The number of likely N-dealkylation sites (tertiary alicyclic amines) is 1. The fourth-order valence-electron chi connectivity index (χ4n) is 3.98. The summed E-state index contributed by atoms with van der Waals surface area (Å²) in [5.74, 6) is 2.04. The fourth-order valence-corrected chi connectivity index (χ4v) is 3.98. The quantitative estimate of drug-likeness (QED) is 0.544. The number of benzene rings is 2. The summed E-state index contributed by atoms with van der Waals surface area (Å²) >= 11 is 0. The molecule has 1 aromatic heterocycles. The predicted molar refractivity (Wildman–Crippen MR) is 122 cm³/mol. The van der Waals surface area contributed by atoms with Gasteiger partial charge in [-0.3, -0.25) is 9.69 Å². The third-order valence-electron chi connectivity index (χ3n) is 5.78. The van der Waals surface area contributed by atoms with Crippen molar-refractivity contribution in [2.45, 2.75) is 33.2 Å². The number of amides is 1. The maximum absolute atomic E-state index is 12.6. The summed E-state index contributed by atoms with van der Waals surface area (Å²) in [6.45, 7) is 7.18. The van der Waals surface area contributed by atoms with Crippen molar-refractivity contribution in [1.29, 1.82) is 0 Å². The Hall–Kier alpha value is -3.19. The molecule has 1 unspecified atom stereocenters. The molecule has 0 bridgehead atoms. The van der Waals surface area contributed by atoms with Crippen LogP contribution >= 0.6 is 0 Å². The number of carbonyl (C=O) groups is 1. The maximum atomic E-state index is 12.6. The second-order valence-corrected chi connectivity index (χ2v) is 8.35. The average Bonchev–Trinajstić information content (AvgIpc) is 3.26. The van der Waals surface area contributed by atoms with E-state index in [0.29, 0.717) is 38.0 Å². The third-order valence-corrected chi connectivity index (χ3v) is 5.78. The van der Waals surface area contributed by atoms with Gasteiger partial charge in [0.1, 0.15) is 12.4 Å². The summed E-state index contributed by atoms with van der Waals surface area (Å²) in [5, 5.41) is 7.15. The molecule has 1 aliphatic heterocycles. The van der Waals surface area contributed by atoms with Crippen LogP contribution in [0.15, 0.2) is 53.1 Å². The minimum absolute atomic E-state index is 0.0399. The molecule has 1 atom stereocenters. The molecule has 1 aliphatic rings. The van der Waals surface area contributed by atoms with Crippen LogP contribution in [0.25, 0.3) is 11.4 Å². The number of aryl methyl sites for hydroxylation is 2. The van der Waals surface area contributed by atoms with Crippen molar-refractivity contribution in [1.82, 2.24) is 20.4 Å². The highest BCUT2D eigenvalue weighted by atomic mass is 16.5. The summed E-state index contributed by atoms with van der Waals surface area (Å²) in [5.41, 5.74) is 3.28. The van der Waals surface area contributed by atoms with Crippen molar-refractivity contribution in [2.75, 3.05) is 26.2 Å². The van der Waals surface area contributed by atoms with Gasteiger partial charge in [-0.2, -0.15) is 4.98 Å². The molecule has 1 saturated heterocycles. The SMILES string of the molecule is Cc1ccc(OCCNC(=O)C2CCCN(Cc3nc(-c4ccccc4C)no3)C2)cc1. The highest BCUT2D eigenvalue weighted by molar-refractivity contribution is 5.78. The van der Waals surface area contributed by atoms with Crippen LogP contribution in [0.4, 0.5) is 0 Å². The first kappa shape index (κ1) is 22.0. The van der Waals surface area contributed by atoms with Gasteiger partial charge in [0.25, 0.3) is 0 Å². The molecule has 1 amide bonds. The van der Waals surface area contributed by atoms with Gasteiger partial charge in [0.05, 0.1) is 19.0 Å². The second kappa shape index (κ2) is 10.4. The molecular formula is C25H30N4O3. The molecule has 1 fully saturated rings. The Kier molecular flexibility index (Phi) is 7.17. The zero-order chi connectivity index (χ0) is 22.3. The van der Waals surface area contributed by atoms with E-state index in [1.54, 1.807) is 0 Å². The normalized spacial score (nSPS) is 16.6.